The quantitative estimate of drug-likeness (QED) is 0.557. The topological polar surface area (TPSA) is 82.1 Å². The lowest BCUT2D eigenvalue weighted by Crippen LogP contribution is -2.34. The summed E-state index contributed by atoms with van der Waals surface area (Å²) in [5.41, 5.74) is -0.424. The fraction of sp³-hybridized carbons (Fsp3) is 0.833. The Morgan fingerprint density at radius 3 is 2.78 bits per heavy atom. The Kier molecular flexibility index (Phi) is 5.10. The van der Waals surface area contributed by atoms with Gasteiger partial charge in [-0.2, -0.15) is 0 Å². The average Bonchev–Trinajstić information content (AvgIpc) is 2.71. The number of rotatable bonds is 6. The first-order chi connectivity index (χ1) is 8.35. The number of hydrogen-bond donors (Lipinski definition) is 1. The fourth-order valence-corrected chi connectivity index (χ4v) is 1.33. The average molecular weight is 260 g/mol. The first-order valence-electron chi connectivity index (χ1n) is 6.00. The Labute approximate surface area is 106 Å². The Morgan fingerprint density at radius 1 is 1.61 bits per heavy atom. The molecular formula is C12H20O6. The van der Waals surface area contributed by atoms with Gasteiger partial charge in [-0.1, -0.05) is 20.8 Å². The molecule has 1 saturated heterocycles. The lowest BCUT2D eigenvalue weighted by atomic mass is 9.90. The molecule has 1 fully saturated rings. The molecule has 0 amide bonds. The molecule has 0 radical (unpaired) electrons. The summed E-state index contributed by atoms with van der Waals surface area (Å²) < 4.78 is 14.7. The number of esters is 2. The van der Waals surface area contributed by atoms with Gasteiger partial charge >= 0.3 is 11.9 Å². The number of aliphatic hydroxyl groups is 1. The molecule has 2 atom stereocenters. The molecule has 6 heteroatoms. The zero-order valence-corrected chi connectivity index (χ0v) is 11.0. The first-order valence-corrected chi connectivity index (χ1v) is 6.00. The molecule has 1 N–H and O–H groups in total. The van der Waals surface area contributed by atoms with Crippen molar-refractivity contribution in [2.75, 3.05) is 13.2 Å². The van der Waals surface area contributed by atoms with E-state index in [0.29, 0.717) is 6.42 Å². The van der Waals surface area contributed by atoms with E-state index in [1.54, 1.807) is 0 Å². The molecule has 0 spiro atoms. The Hall–Kier alpha value is -1.14. The number of cyclic esters (lactones) is 1. The summed E-state index contributed by atoms with van der Waals surface area (Å²) in [6.07, 6.45) is -0.774. The molecule has 18 heavy (non-hydrogen) atoms. The van der Waals surface area contributed by atoms with Crippen molar-refractivity contribution in [2.24, 2.45) is 5.41 Å². The van der Waals surface area contributed by atoms with Crippen LogP contribution in [0.3, 0.4) is 0 Å². The van der Waals surface area contributed by atoms with Gasteiger partial charge < -0.3 is 19.3 Å². The van der Waals surface area contributed by atoms with Gasteiger partial charge in [-0.15, -0.1) is 0 Å². The summed E-state index contributed by atoms with van der Waals surface area (Å²) in [5.74, 6) is -0.981. The fourth-order valence-electron chi connectivity index (χ4n) is 1.33. The van der Waals surface area contributed by atoms with E-state index in [1.165, 1.54) is 0 Å². The maximum absolute atomic E-state index is 11.4. The van der Waals surface area contributed by atoms with Crippen molar-refractivity contribution in [3.05, 3.63) is 0 Å². The molecule has 0 aromatic heterocycles. The Morgan fingerprint density at radius 2 is 2.28 bits per heavy atom. The van der Waals surface area contributed by atoms with Crippen molar-refractivity contribution >= 4 is 11.9 Å². The van der Waals surface area contributed by atoms with Crippen LogP contribution in [0, 0.1) is 5.41 Å². The molecule has 104 valence electrons. The highest BCUT2D eigenvalue weighted by Gasteiger charge is 2.29. The monoisotopic (exact) mass is 260 g/mol. The van der Waals surface area contributed by atoms with E-state index in [-0.39, 0.29) is 25.6 Å². The second-order valence-corrected chi connectivity index (χ2v) is 5.00. The van der Waals surface area contributed by atoms with E-state index in [0.717, 1.165) is 0 Å². The summed E-state index contributed by atoms with van der Waals surface area (Å²) >= 11 is 0. The van der Waals surface area contributed by atoms with Gasteiger partial charge in [-0.25, -0.2) is 4.79 Å². The van der Waals surface area contributed by atoms with Gasteiger partial charge in [0.25, 0.3) is 0 Å². The van der Waals surface area contributed by atoms with Crippen LogP contribution in [0.15, 0.2) is 0 Å². The molecular weight excluding hydrogens is 240 g/mol. The second kappa shape index (κ2) is 6.15. The van der Waals surface area contributed by atoms with Crippen LogP contribution < -0.4 is 0 Å². The van der Waals surface area contributed by atoms with Gasteiger partial charge in [0.15, 0.2) is 6.29 Å². The van der Waals surface area contributed by atoms with Crippen molar-refractivity contribution in [1.29, 1.82) is 0 Å². The summed E-state index contributed by atoms with van der Waals surface area (Å²) in [5, 5.41) is 9.72. The maximum Gasteiger partial charge on any atom is 0.332 e. The van der Waals surface area contributed by atoms with E-state index in [1.807, 2.05) is 20.8 Å². The predicted molar refractivity (Wildman–Crippen MR) is 61.5 cm³/mol. The number of aliphatic hydroxyl groups excluding tert-OH is 1. The van der Waals surface area contributed by atoms with E-state index < -0.39 is 23.8 Å². The molecule has 1 aliphatic rings. The molecule has 0 aromatic carbocycles. The highest BCUT2D eigenvalue weighted by molar-refractivity contribution is 5.74. The van der Waals surface area contributed by atoms with Gasteiger partial charge in [0.2, 0.25) is 0 Å². The van der Waals surface area contributed by atoms with Crippen LogP contribution in [-0.4, -0.2) is 42.7 Å². The molecule has 1 aliphatic heterocycles. The highest BCUT2D eigenvalue weighted by Crippen LogP contribution is 2.25. The van der Waals surface area contributed by atoms with Crippen molar-refractivity contribution in [3.8, 4) is 0 Å². The minimum Gasteiger partial charge on any atom is -0.462 e. The van der Waals surface area contributed by atoms with Crippen LogP contribution in [0.4, 0.5) is 0 Å². The van der Waals surface area contributed by atoms with E-state index in [2.05, 4.69) is 4.74 Å². The summed E-state index contributed by atoms with van der Waals surface area (Å²) in [4.78, 5) is 22.2. The molecule has 1 rings (SSSR count). The minimum atomic E-state index is -1.03. The van der Waals surface area contributed by atoms with Crippen LogP contribution >= 0.6 is 0 Å². The number of hydrogen-bond acceptors (Lipinski definition) is 6. The SMILES string of the molecule is CCC(C)(C)C(O)OCC(=O)OC1COC(=O)C1. The number of carbonyl (C=O) groups excluding carboxylic acids is 2. The summed E-state index contributed by atoms with van der Waals surface area (Å²) in [7, 11) is 0. The standard InChI is InChI=1S/C12H20O6/c1-4-12(2,3)11(15)17-7-10(14)18-8-5-9(13)16-6-8/h8,11,15H,4-7H2,1-3H3. The van der Waals surface area contributed by atoms with Gasteiger partial charge in [0.1, 0.15) is 19.3 Å². The Balaban J connectivity index is 2.27. The van der Waals surface area contributed by atoms with Gasteiger partial charge in [0.05, 0.1) is 6.42 Å². The maximum atomic E-state index is 11.4. The van der Waals surface area contributed by atoms with Crippen LogP contribution in [0.5, 0.6) is 0 Å². The lowest BCUT2D eigenvalue weighted by molar-refractivity contribution is -0.187. The lowest BCUT2D eigenvalue weighted by Gasteiger charge is -2.28. The highest BCUT2D eigenvalue weighted by atomic mass is 16.6. The zero-order chi connectivity index (χ0) is 13.8. The third kappa shape index (κ3) is 4.27. The molecule has 0 bridgehead atoms. The van der Waals surface area contributed by atoms with Crippen LogP contribution in [0.25, 0.3) is 0 Å². The van der Waals surface area contributed by atoms with Gasteiger partial charge in [-0.05, 0) is 6.42 Å². The second-order valence-electron chi connectivity index (χ2n) is 5.00. The zero-order valence-electron chi connectivity index (χ0n) is 11.0. The molecule has 0 aliphatic carbocycles. The molecule has 1 heterocycles. The van der Waals surface area contributed by atoms with E-state index in [9.17, 15) is 14.7 Å². The smallest absolute Gasteiger partial charge is 0.332 e. The third-order valence-electron chi connectivity index (χ3n) is 3.06. The van der Waals surface area contributed by atoms with Crippen molar-refractivity contribution in [2.45, 2.75) is 46.0 Å². The van der Waals surface area contributed by atoms with Crippen LogP contribution in [0.2, 0.25) is 0 Å². The van der Waals surface area contributed by atoms with E-state index >= 15 is 0 Å². The van der Waals surface area contributed by atoms with Crippen molar-refractivity contribution in [3.63, 3.8) is 0 Å². The van der Waals surface area contributed by atoms with Gasteiger partial charge in [-0.3, -0.25) is 4.79 Å². The van der Waals surface area contributed by atoms with Crippen LogP contribution in [0.1, 0.15) is 33.6 Å². The van der Waals surface area contributed by atoms with Crippen LogP contribution in [-0.2, 0) is 23.8 Å². The molecule has 0 saturated carbocycles. The summed E-state index contributed by atoms with van der Waals surface area (Å²) in [6.45, 7) is 5.36. The summed E-state index contributed by atoms with van der Waals surface area (Å²) in [6, 6.07) is 0. The molecule has 2 unspecified atom stereocenters. The van der Waals surface area contributed by atoms with Crippen molar-refractivity contribution < 1.29 is 28.9 Å². The Bertz CT molecular complexity index is 312. The molecule has 6 nitrogen and oxygen atoms in total. The third-order valence-corrected chi connectivity index (χ3v) is 3.06. The van der Waals surface area contributed by atoms with E-state index in [4.69, 9.17) is 9.47 Å². The number of ether oxygens (including phenoxy) is 3. The van der Waals surface area contributed by atoms with Crippen molar-refractivity contribution in [1.82, 2.24) is 0 Å². The molecule has 0 aromatic rings. The largest absolute Gasteiger partial charge is 0.462 e. The minimum absolute atomic E-state index is 0.0781. The first kappa shape index (κ1) is 14.9. The van der Waals surface area contributed by atoms with Gasteiger partial charge in [0, 0.05) is 5.41 Å². The predicted octanol–water partition coefficient (Wildman–Crippen LogP) is 0.616. The normalized spacial score (nSPS) is 21.6. The number of carbonyl (C=O) groups is 2.